The molecule has 0 atom stereocenters. The molecule has 10 heavy (non-hydrogen) atoms. The molecule has 1 nitrogen and oxygen atoms in total. The number of nitrogens with zero attached hydrogens (tertiary/aromatic N) is 1. The summed E-state index contributed by atoms with van der Waals surface area (Å²) in [5.74, 6) is 0. The van der Waals surface area contributed by atoms with Crippen molar-refractivity contribution in [1.82, 2.24) is 4.98 Å². The van der Waals surface area contributed by atoms with Gasteiger partial charge in [0, 0.05) is 0 Å². The second kappa shape index (κ2) is 4.48. The molecule has 0 aliphatic carbocycles. The zero-order valence-electron chi connectivity index (χ0n) is 6.00. The summed E-state index contributed by atoms with van der Waals surface area (Å²) in [6.07, 6.45) is 4.91. The molecular weight excluding hydrogens is 189 g/mol. The van der Waals surface area contributed by atoms with Crippen molar-refractivity contribution in [2.24, 2.45) is 0 Å². The van der Waals surface area contributed by atoms with Gasteiger partial charge >= 0.3 is 67.6 Å². The van der Waals surface area contributed by atoms with Crippen molar-refractivity contribution in [3.63, 3.8) is 0 Å². The van der Waals surface area contributed by atoms with Crippen LogP contribution in [0.5, 0.6) is 0 Å². The maximum absolute atomic E-state index is 4.00. The van der Waals surface area contributed by atoms with Crippen LogP contribution in [0.1, 0.15) is 13.3 Å². The standard InChI is InChI=1S/C8H10NSe/c1-2-6-10-8-4-3-5-9-7-8/h4-5,7H,2,6H2,1H3. The summed E-state index contributed by atoms with van der Waals surface area (Å²) in [6, 6.07) is 5.00. The number of hydrogen-bond acceptors (Lipinski definition) is 1. The minimum absolute atomic E-state index is 0.625. The summed E-state index contributed by atoms with van der Waals surface area (Å²) in [6.45, 7) is 2.21. The maximum atomic E-state index is 4.00. The fraction of sp³-hybridized carbons (Fsp3) is 0.375. The molecule has 1 radical (unpaired) electrons. The third kappa shape index (κ3) is 2.51. The molecule has 0 unspecified atom stereocenters. The molecular formula is C8H10NSe. The number of rotatable bonds is 3. The predicted molar refractivity (Wildman–Crippen MR) is 43.6 cm³/mol. The Hall–Kier alpha value is -0.331. The molecule has 1 heterocycles. The Morgan fingerprint density at radius 3 is 3.20 bits per heavy atom. The first-order valence-corrected chi connectivity index (χ1v) is 5.44. The van der Waals surface area contributed by atoms with Crippen molar-refractivity contribution in [3.05, 3.63) is 24.5 Å². The van der Waals surface area contributed by atoms with E-state index in [2.05, 4.69) is 18.0 Å². The number of pyridine rings is 1. The van der Waals surface area contributed by atoms with Gasteiger partial charge in [0.25, 0.3) is 0 Å². The minimum atomic E-state index is 0.625. The van der Waals surface area contributed by atoms with Gasteiger partial charge in [-0.1, -0.05) is 0 Å². The van der Waals surface area contributed by atoms with Crippen molar-refractivity contribution in [1.29, 1.82) is 0 Å². The summed E-state index contributed by atoms with van der Waals surface area (Å²) < 4.78 is 1.36. The van der Waals surface area contributed by atoms with E-state index in [4.69, 9.17) is 0 Å². The second-order valence-electron chi connectivity index (χ2n) is 1.97. The fourth-order valence-corrected chi connectivity index (χ4v) is 2.13. The zero-order chi connectivity index (χ0) is 7.23. The summed E-state index contributed by atoms with van der Waals surface area (Å²) in [4.78, 5) is 4.00. The molecule has 0 saturated heterocycles. The van der Waals surface area contributed by atoms with Crippen LogP contribution in [-0.2, 0) is 0 Å². The van der Waals surface area contributed by atoms with Crippen molar-refractivity contribution < 1.29 is 0 Å². The number of hydrogen-bond donors (Lipinski definition) is 0. The first kappa shape index (κ1) is 7.77. The molecule has 0 bridgehead atoms. The molecule has 0 saturated carbocycles. The Bertz CT molecular complexity index is 174. The van der Waals surface area contributed by atoms with Gasteiger partial charge in [0.2, 0.25) is 0 Å². The van der Waals surface area contributed by atoms with Crippen LogP contribution < -0.4 is 4.46 Å². The van der Waals surface area contributed by atoms with E-state index in [-0.39, 0.29) is 0 Å². The summed E-state index contributed by atoms with van der Waals surface area (Å²) in [5.41, 5.74) is 0. The molecule has 0 fully saturated rings. The molecule has 0 aliphatic rings. The first-order valence-electron chi connectivity index (χ1n) is 3.37. The average Bonchev–Trinajstić information content (AvgIpc) is 2.03. The van der Waals surface area contributed by atoms with Gasteiger partial charge in [0.15, 0.2) is 0 Å². The summed E-state index contributed by atoms with van der Waals surface area (Å²) in [7, 11) is 0. The molecule has 0 amide bonds. The van der Waals surface area contributed by atoms with E-state index in [0.717, 1.165) is 0 Å². The van der Waals surface area contributed by atoms with E-state index in [9.17, 15) is 0 Å². The Balaban J connectivity index is 2.43. The van der Waals surface area contributed by atoms with E-state index in [1.54, 1.807) is 6.20 Å². The van der Waals surface area contributed by atoms with Crippen LogP contribution in [0.15, 0.2) is 18.5 Å². The molecule has 0 spiro atoms. The SMILES string of the molecule is CCC[Se]c1c[c]cnc1. The normalized spacial score (nSPS) is 9.70. The zero-order valence-corrected chi connectivity index (χ0v) is 7.71. The van der Waals surface area contributed by atoms with Gasteiger partial charge in [-0.25, -0.2) is 0 Å². The van der Waals surface area contributed by atoms with Gasteiger partial charge in [-0.15, -0.1) is 0 Å². The Kier molecular flexibility index (Phi) is 3.48. The predicted octanol–water partition coefficient (Wildman–Crippen LogP) is 1.04. The topological polar surface area (TPSA) is 12.9 Å². The quantitative estimate of drug-likeness (QED) is 0.663. The molecule has 0 aliphatic heterocycles. The Morgan fingerprint density at radius 2 is 2.60 bits per heavy atom. The van der Waals surface area contributed by atoms with E-state index in [1.807, 2.05) is 12.3 Å². The molecule has 1 aromatic rings. The summed E-state index contributed by atoms with van der Waals surface area (Å²) >= 11 is 0.625. The van der Waals surface area contributed by atoms with Gasteiger partial charge in [0.05, 0.1) is 0 Å². The molecule has 1 aromatic heterocycles. The second-order valence-corrected chi connectivity index (χ2v) is 4.42. The third-order valence-electron chi connectivity index (χ3n) is 1.05. The molecule has 1 rings (SSSR count). The molecule has 2 heteroatoms. The van der Waals surface area contributed by atoms with Crippen molar-refractivity contribution in [2.45, 2.75) is 18.7 Å². The molecule has 0 N–H and O–H groups in total. The van der Waals surface area contributed by atoms with Crippen molar-refractivity contribution in [3.8, 4) is 0 Å². The van der Waals surface area contributed by atoms with Crippen molar-refractivity contribution >= 4 is 19.4 Å². The Morgan fingerprint density at radius 1 is 1.70 bits per heavy atom. The van der Waals surface area contributed by atoms with Crippen LogP contribution in [0, 0.1) is 6.07 Å². The van der Waals surface area contributed by atoms with Crippen LogP contribution in [0.4, 0.5) is 0 Å². The Labute approximate surface area is 68.0 Å². The van der Waals surface area contributed by atoms with Crippen LogP contribution in [0.3, 0.4) is 0 Å². The van der Waals surface area contributed by atoms with Gasteiger partial charge < -0.3 is 0 Å². The average molecular weight is 199 g/mol. The number of aromatic nitrogens is 1. The van der Waals surface area contributed by atoms with Gasteiger partial charge in [-0.2, -0.15) is 0 Å². The van der Waals surface area contributed by atoms with Gasteiger partial charge in [-0.3, -0.25) is 0 Å². The first-order chi connectivity index (χ1) is 4.93. The van der Waals surface area contributed by atoms with E-state index < -0.39 is 0 Å². The fourth-order valence-electron chi connectivity index (χ4n) is 0.609. The third-order valence-corrected chi connectivity index (χ3v) is 3.50. The van der Waals surface area contributed by atoms with E-state index >= 15 is 0 Å². The molecule has 0 aromatic carbocycles. The van der Waals surface area contributed by atoms with Gasteiger partial charge in [0.1, 0.15) is 0 Å². The van der Waals surface area contributed by atoms with Crippen LogP contribution >= 0.6 is 0 Å². The van der Waals surface area contributed by atoms with Crippen molar-refractivity contribution in [2.75, 3.05) is 0 Å². The summed E-state index contributed by atoms with van der Waals surface area (Å²) in [5, 5.41) is 1.31. The van der Waals surface area contributed by atoms with Crippen LogP contribution in [0.25, 0.3) is 0 Å². The van der Waals surface area contributed by atoms with E-state index in [1.165, 1.54) is 16.2 Å². The van der Waals surface area contributed by atoms with Crippen LogP contribution in [-0.4, -0.2) is 19.9 Å². The monoisotopic (exact) mass is 200 g/mol. The van der Waals surface area contributed by atoms with E-state index in [0.29, 0.717) is 15.0 Å². The van der Waals surface area contributed by atoms with Crippen LogP contribution in [0.2, 0.25) is 5.32 Å². The molecule has 53 valence electrons. The van der Waals surface area contributed by atoms with Gasteiger partial charge in [-0.05, 0) is 0 Å².